The lowest BCUT2D eigenvalue weighted by molar-refractivity contribution is -0.359. The van der Waals surface area contributed by atoms with Crippen LogP contribution < -0.4 is 5.32 Å². The van der Waals surface area contributed by atoms with Crippen molar-refractivity contribution in [1.82, 2.24) is 5.32 Å². The summed E-state index contributed by atoms with van der Waals surface area (Å²) in [6.45, 7) is 2.62. The van der Waals surface area contributed by atoms with E-state index in [-0.39, 0.29) is 18.9 Å². The van der Waals surface area contributed by atoms with Gasteiger partial charge in [0.2, 0.25) is 5.91 Å². The maximum absolute atomic E-state index is 13.0. The Morgan fingerprint density at radius 2 is 1.12 bits per heavy atom. The maximum atomic E-state index is 13.0. The highest BCUT2D eigenvalue weighted by Crippen LogP contribution is 2.30. The number of aliphatic hydroxyl groups excluding tert-OH is 8. The van der Waals surface area contributed by atoms with Crippen LogP contribution in [0.3, 0.4) is 0 Å². The molecule has 14 nitrogen and oxygen atoms in total. The summed E-state index contributed by atoms with van der Waals surface area (Å²) in [6.07, 6.45) is 19.1. The van der Waals surface area contributed by atoms with Crippen LogP contribution >= 0.6 is 0 Å². The van der Waals surface area contributed by atoms with Crippen molar-refractivity contribution in [3.8, 4) is 0 Å². The van der Waals surface area contributed by atoms with Crippen molar-refractivity contribution in [3.63, 3.8) is 0 Å². The number of amides is 1. The van der Waals surface area contributed by atoms with E-state index in [0.717, 1.165) is 83.5 Å². The van der Waals surface area contributed by atoms with E-state index in [1.54, 1.807) is 6.08 Å². The van der Waals surface area contributed by atoms with Gasteiger partial charge in [-0.05, 0) is 57.8 Å². The fourth-order valence-corrected chi connectivity index (χ4v) is 7.00. The first-order valence-corrected chi connectivity index (χ1v) is 22.4. The third kappa shape index (κ3) is 21.1. The van der Waals surface area contributed by atoms with Crippen molar-refractivity contribution in [2.24, 2.45) is 0 Å². The first-order valence-electron chi connectivity index (χ1n) is 22.4. The monoisotopic (exact) mass is 842 g/mol. The van der Waals surface area contributed by atoms with Gasteiger partial charge in [0.15, 0.2) is 12.6 Å². The fraction of sp³-hybridized carbons (Fsp3) is 0.800. The Morgan fingerprint density at radius 3 is 1.75 bits per heavy atom. The highest BCUT2D eigenvalue weighted by atomic mass is 16.7. The zero-order chi connectivity index (χ0) is 43.3. The first-order chi connectivity index (χ1) is 28.6. The van der Waals surface area contributed by atoms with Crippen LogP contribution in [-0.4, -0.2) is 140 Å². The normalized spacial score (nSPS) is 29.0. The van der Waals surface area contributed by atoms with E-state index in [2.05, 4.69) is 55.6 Å². The van der Waals surface area contributed by atoms with Gasteiger partial charge in [-0.25, -0.2) is 0 Å². The number of hydrogen-bond donors (Lipinski definition) is 9. The van der Waals surface area contributed by atoms with Gasteiger partial charge in [-0.1, -0.05) is 120 Å². The summed E-state index contributed by atoms with van der Waals surface area (Å²) in [6, 6.07) is -0.918. The van der Waals surface area contributed by atoms with Crippen LogP contribution in [0, 0.1) is 0 Å². The predicted octanol–water partition coefficient (Wildman–Crippen LogP) is 4.15. The topological polar surface area (TPSA) is 228 Å². The van der Waals surface area contributed by atoms with Crippen molar-refractivity contribution in [3.05, 3.63) is 48.6 Å². The Hall–Kier alpha value is -2.05. The Labute approximate surface area is 353 Å². The summed E-state index contributed by atoms with van der Waals surface area (Å²) in [5.74, 6) is -0.262. The molecule has 0 aromatic heterocycles. The summed E-state index contributed by atoms with van der Waals surface area (Å²) < 4.78 is 22.5. The summed E-state index contributed by atoms with van der Waals surface area (Å²) in [5, 5.41) is 86.1. The standard InChI is InChI=1S/C45H79NO13/c1-3-5-7-9-11-12-13-14-15-16-17-18-19-20-21-22-23-25-27-29-37(50)46-33(34(49)28-26-24-10-8-6-4-2)32-56-44-42(55)40(53)43(36(31-48)58-44)59-45-41(54)39(52)38(51)35(30-47)57-45/h11-12,14-15,17-18,26,28,33-36,38-45,47-49,51-55H,3-10,13,16,19-25,27,29-32H2,1-2H3,(H,46,50)/b12-11-,15-14-,18-17-,28-26+. The minimum atomic E-state index is -1.79. The van der Waals surface area contributed by atoms with Gasteiger partial charge in [-0.15, -0.1) is 0 Å². The average molecular weight is 842 g/mol. The number of carbonyl (C=O) groups excluding carboxylic acids is 1. The van der Waals surface area contributed by atoms with Gasteiger partial charge in [-0.3, -0.25) is 4.79 Å². The van der Waals surface area contributed by atoms with Crippen LogP contribution in [0.4, 0.5) is 0 Å². The summed E-state index contributed by atoms with van der Waals surface area (Å²) in [4.78, 5) is 13.0. The molecule has 2 aliphatic rings. The van der Waals surface area contributed by atoms with E-state index in [4.69, 9.17) is 18.9 Å². The molecule has 2 aliphatic heterocycles. The number of unbranched alkanes of at least 4 members (excludes halogenated alkanes) is 13. The fourth-order valence-electron chi connectivity index (χ4n) is 7.00. The first kappa shape index (κ1) is 53.1. The predicted molar refractivity (Wildman–Crippen MR) is 226 cm³/mol. The minimum Gasteiger partial charge on any atom is -0.394 e. The lowest BCUT2D eigenvalue weighted by Gasteiger charge is -2.46. The van der Waals surface area contributed by atoms with Gasteiger partial charge < -0.3 is 65.1 Å². The second-order valence-corrected chi connectivity index (χ2v) is 15.8. The van der Waals surface area contributed by atoms with Crippen molar-refractivity contribution in [2.75, 3.05) is 19.8 Å². The van der Waals surface area contributed by atoms with Crippen LogP contribution in [0.25, 0.3) is 0 Å². The molecule has 59 heavy (non-hydrogen) atoms. The molecule has 12 atom stereocenters. The molecule has 0 aromatic carbocycles. The van der Waals surface area contributed by atoms with Crippen LogP contribution in [0.1, 0.15) is 136 Å². The smallest absolute Gasteiger partial charge is 0.220 e. The van der Waals surface area contributed by atoms with Gasteiger partial charge in [-0.2, -0.15) is 0 Å². The zero-order valence-electron chi connectivity index (χ0n) is 35.7. The number of rotatable bonds is 32. The second kappa shape index (κ2) is 32.6. The van der Waals surface area contributed by atoms with E-state index in [1.165, 1.54) is 25.7 Å². The second-order valence-electron chi connectivity index (χ2n) is 15.8. The molecular formula is C45H79NO13. The Morgan fingerprint density at radius 1 is 0.610 bits per heavy atom. The molecule has 0 aromatic rings. The lowest BCUT2D eigenvalue weighted by Crippen LogP contribution is -2.65. The molecule has 2 saturated heterocycles. The molecule has 0 radical (unpaired) electrons. The van der Waals surface area contributed by atoms with Crippen molar-refractivity contribution in [1.29, 1.82) is 0 Å². The quantitative estimate of drug-likeness (QED) is 0.0343. The molecule has 9 N–H and O–H groups in total. The maximum Gasteiger partial charge on any atom is 0.220 e. The molecule has 0 aliphatic carbocycles. The van der Waals surface area contributed by atoms with Crippen molar-refractivity contribution >= 4 is 5.91 Å². The molecular weight excluding hydrogens is 762 g/mol. The zero-order valence-corrected chi connectivity index (χ0v) is 35.7. The van der Waals surface area contributed by atoms with Crippen LogP contribution in [0.15, 0.2) is 48.6 Å². The third-order valence-electron chi connectivity index (χ3n) is 10.8. The highest BCUT2D eigenvalue weighted by molar-refractivity contribution is 5.76. The van der Waals surface area contributed by atoms with E-state index in [0.29, 0.717) is 6.42 Å². The number of ether oxygens (including phenoxy) is 4. The molecule has 2 rings (SSSR count). The third-order valence-corrected chi connectivity index (χ3v) is 10.8. The van der Waals surface area contributed by atoms with Crippen molar-refractivity contribution < 1.29 is 64.6 Å². The summed E-state index contributed by atoms with van der Waals surface area (Å²) in [5.41, 5.74) is 0. The summed E-state index contributed by atoms with van der Waals surface area (Å²) in [7, 11) is 0. The number of nitrogens with one attached hydrogen (secondary N) is 1. The van der Waals surface area contributed by atoms with Crippen molar-refractivity contribution in [2.45, 2.75) is 209 Å². The van der Waals surface area contributed by atoms with Crippen LogP contribution in [0.2, 0.25) is 0 Å². The molecule has 2 heterocycles. The number of allylic oxidation sites excluding steroid dienone is 7. The molecule has 14 heteroatoms. The van der Waals surface area contributed by atoms with Gasteiger partial charge >= 0.3 is 0 Å². The molecule has 0 bridgehead atoms. The van der Waals surface area contributed by atoms with Gasteiger partial charge in [0.25, 0.3) is 0 Å². The van der Waals surface area contributed by atoms with E-state index < -0.39 is 86.8 Å². The molecule has 12 unspecified atom stereocenters. The number of carbonyl (C=O) groups is 1. The Balaban J connectivity index is 1.81. The molecule has 2 fully saturated rings. The molecule has 342 valence electrons. The molecule has 0 saturated carbocycles. The van der Waals surface area contributed by atoms with Gasteiger partial charge in [0.1, 0.15) is 48.8 Å². The highest BCUT2D eigenvalue weighted by Gasteiger charge is 2.50. The summed E-state index contributed by atoms with van der Waals surface area (Å²) >= 11 is 0. The van der Waals surface area contributed by atoms with E-state index in [9.17, 15) is 45.6 Å². The number of hydrogen-bond acceptors (Lipinski definition) is 13. The van der Waals surface area contributed by atoms with Crippen LogP contribution in [-0.2, 0) is 23.7 Å². The lowest BCUT2D eigenvalue weighted by atomic mass is 9.97. The van der Waals surface area contributed by atoms with E-state index >= 15 is 0 Å². The van der Waals surface area contributed by atoms with Gasteiger partial charge in [0, 0.05) is 6.42 Å². The van der Waals surface area contributed by atoms with Crippen LogP contribution in [0.5, 0.6) is 0 Å². The largest absolute Gasteiger partial charge is 0.394 e. The van der Waals surface area contributed by atoms with E-state index in [1.807, 2.05) is 6.08 Å². The Kier molecular flexibility index (Phi) is 29.4. The molecule has 0 spiro atoms. The van der Waals surface area contributed by atoms with Gasteiger partial charge in [0.05, 0.1) is 32.0 Å². The average Bonchev–Trinajstić information content (AvgIpc) is 3.23. The number of aliphatic hydroxyl groups is 8. The SMILES string of the molecule is CCCCC/C=C\C/C=C\C/C=C\CCCCCCCCC(=O)NC(COC1OC(CO)C(OC2OC(CO)C(O)C(O)C2O)C(O)C1O)C(O)/C=C/CCCCCC. The minimum absolute atomic E-state index is 0.262. The molecule has 1 amide bonds. The Bertz CT molecular complexity index is 1180.